The highest BCUT2D eigenvalue weighted by Gasteiger charge is 2.24. The van der Waals surface area contributed by atoms with Crippen molar-refractivity contribution in [2.24, 2.45) is 5.73 Å². The van der Waals surface area contributed by atoms with E-state index in [1.54, 1.807) is 0 Å². The number of halogens is 1. The molecule has 106 valence electrons. The molecule has 1 saturated heterocycles. The topological polar surface area (TPSA) is 32.5 Å². The predicted molar refractivity (Wildman–Crippen MR) is 85.8 cm³/mol. The maximum Gasteiger partial charge on any atom is 0.0411 e. The van der Waals surface area contributed by atoms with Gasteiger partial charge in [0.2, 0.25) is 0 Å². The zero-order valence-corrected chi connectivity index (χ0v) is 13.5. The molecule has 3 nitrogen and oxygen atoms in total. The first-order valence-electron chi connectivity index (χ1n) is 7.09. The number of piperazine rings is 1. The van der Waals surface area contributed by atoms with Gasteiger partial charge in [-0.2, -0.15) is 0 Å². The Labute approximate surface area is 124 Å². The Hall–Kier alpha value is -0.580. The number of benzene rings is 1. The van der Waals surface area contributed by atoms with E-state index in [1.165, 1.54) is 17.7 Å². The number of nitrogens with two attached hydrogens (primary N) is 1. The van der Waals surface area contributed by atoms with E-state index >= 15 is 0 Å². The third kappa shape index (κ3) is 3.50. The fourth-order valence-electron chi connectivity index (χ4n) is 2.80. The van der Waals surface area contributed by atoms with Crippen molar-refractivity contribution in [3.63, 3.8) is 0 Å². The number of likely N-dealkylation sites (N-methyl/N-ethyl adjacent to an activating group) is 1. The third-order valence-corrected chi connectivity index (χ3v) is 4.54. The summed E-state index contributed by atoms with van der Waals surface area (Å²) in [4.78, 5) is 4.99. The zero-order valence-electron chi connectivity index (χ0n) is 11.9. The number of nitrogens with zero attached hydrogens (tertiary/aromatic N) is 2. The van der Waals surface area contributed by atoms with E-state index in [-0.39, 0.29) is 0 Å². The van der Waals surface area contributed by atoms with Gasteiger partial charge in [0.05, 0.1) is 0 Å². The van der Waals surface area contributed by atoms with Crippen LogP contribution in [-0.4, -0.2) is 44.2 Å². The van der Waals surface area contributed by atoms with Crippen molar-refractivity contribution in [2.75, 3.05) is 38.1 Å². The van der Waals surface area contributed by atoms with Crippen LogP contribution >= 0.6 is 15.9 Å². The minimum Gasteiger partial charge on any atom is -0.368 e. The van der Waals surface area contributed by atoms with Gasteiger partial charge in [0.25, 0.3) is 0 Å². The molecular weight excluding hydrogens is 302 g/mol. The molecule has 4 heteroatoms. The molecule has 1 aliphatic heterocycles. The lowest BCUT2D eigenvalue weighted by molar-refractivity contribution is 0.213. The molecule has 19 heavy (non-hydrogen) atoms. The number of hydrogen-bond donors (Lipinski definition) is 1. The van der Waals surface area contributed by atoms with Gasteiger partial charge < -0.3 is 10.6 Å². The summed E-state index contributed by atoms with van der Waals surface area (Å²) in [6.07, 6.45) is 2.15. The molecule has 0 saturated carbocycles. The van der Waals surface area contributed by atoms with Crippen LogP contribution in [0.3, 0.4) is 0 Å². The first-order chi connectivity index (χ1) is 9.15. The van der Waals surface area contributed by atoms with Gasteiger partial charge in [0.1, 0.15) is 0 Å². The fraction of sp³-hybridized carbons (Fsp3) is 0.600. The van der Waals surface area contributed by atoms with Crippen LogP contribution in [0.25, 0.3) is 0 Å². The molecule has 1 atom stereocenters. The van der Waals surface area contributed by atoms with Crippen LogP contribution in [0.15, 0.2) is 22.7 Å². The Morgan fingerprint density at radius 3 is 2.84 bits per heavy atom. The van der Waals surface area contributed by atoms with Crippen LogP contribution in [-0.2, 0) is 6.42 Å². The molecule has 0 aliphatic carbocycles. The van der Waals surface area contributed by atoms with E-state index in [1.807, 2.05) is 0 Å². The fourth-order valence-corrected chi connectivity index (χ4v) is 3.15. The van der Waals surface area contributed by atoms with Crippen molar-refractivity contribution in [3.05, 3.63) is 28.2 Å². The summed E-state index contributed by atoms with van der Waals surface area (Å²) in [5.74, 6) is 0. The van der Waals surface area contributed by atoms with Crippen molar-refractivity contribution < 1.29 is 0 Å². The van der Waals surface area contributed by atoms with E-state index in [2.05, 4.69) is 57.9 Å². The average Bonchev–Trinajstić information content (AvgIpc) is 2.42. The molecule has 1 aliphatic rings. The summed E-state index contributed by atoms with van der Waals surface area (Å²) in [5.41, 5.74) is 8.45. The van der Waals surface area contributed by atoms with E-state index in [9.17, 15) is 0 Å². The quantitative estimate of drug-likeness (QED) is 0.923. The molecule has 0 spiro atoms. The summed E-state index contributed by atoms with van der Waals surface area (Å²) < 4.78 is 1.15. The molecule has 0 amide bonds. The largest absolute Gasteiger partial charge is 0.368 e. The third-order valence-electron chi connectivity index (χ3n) is 4.05. The van der Waals surface area contributed by atoms with Crippen LogP contribution in [0, 0.1) is 0 Å². The molecule has 0 aromatic heterocycles. The van der Waals surface area contributed by atoms with Gasteiger partial charge in [-0.1, -0.05) is 28.9 Å². The SMILES string of the molecule is CCC1CN(c2cc(Br)ccc2CCN)CCN1C. The van der Waals surface area contributed by atoms with Gasteiger partial charge in [-0.15, -0.1) is 0 Å². The van der Waals surface area contributed by atoms with Crippen LogP contribution in [0.5, 0.6) is 0 Å². The first kappa shape index (κ1) is 14.8. The molecule has 0 radical (unpaired) electrons. The van der Waals surface area contributed by atoms with Gasteiger partial charge in [-0.25, -0.2) is 0 Å². The second-order valence-corrected chi connectivity index (χ2v) is 6.22. The van der Waals surface area contributed by atoms with Gasteiger partial charge in [0.15, 0.2) is 0 Å². The van der Waals surface area contributed by atoms with Crippen LogP contribution in [0.1, 0.15) is 18.9 Å². The number of rotatable bonds is 4. The lowest BCUT2D eigenvalue weighted by Crippen LogP contribution is -2.51. The van der Waals surface area contributed by atoms with E-state index < -0.39 is 0 Å². The normalized spacial score (nSPS) is 20.8. The Balaban J connectivity index is 2.22. The van der Waals surface area contributed by atoms with E-state index in [4.69, 9.17) is 5.73 Å². The highest BCUT2D eigenvalue weighted by molar-refractivity contribution is 9.10. The number of anilines is 1. The average molecular weight is 326 g/mol. The molecule has 1 aromatic rings. The Morgan fingerprint density at radius 2 is 2.16 bits per heavy atom. The molecule has 1 fully saturated rings. The van der Waals surface area contributed by atoms with Crippen molar-refractivity contribution in [1.29, 1.82) is 0 Å². The molecule has 1 heterocycles. The standard InChI is InChI=1S/C15H24BrN3/c1-3-14-11-19(9-8-18(14)2)15-10-13(16)5-4-12(15)6-7-17/h4-5,10,14H,3,6-9,11,17H2,1-2H3. The minimum atomic E-state index is 0.651. The maximum atomic E-state index is 5.73. The highest BCUT2D eigenvalue weighted by atomic mass is 79.9. The van der Waals surface area contributed by atoms with Crippen molar-refractivity contribution in [2.45, 2.75) is 25.8 Å². The van der Waals surface area contributed by atoms with Crippen LogP contribution < -0.4 is 10.6 Å². The van der Waals surface area contributed by atoms with Crippen LogP contribution in [0.2, 0.25) is 0 Å². The molecule has 0 bridgehead atoms. The van der Waals surface area contributed by atoms with Crippen molar-refractivity contribution in [3.8, 4) is 0 Å². The van der Waals surface area contributed by atoms with Gasteiger partial charge in [-0.3, -0.25) is 4.90 Å². The Kier molecular flexibility index (Phi) is 5.25. The van der Waals surface area contributed by atoms with E-state index in [0.717, 1.165) is 30.5 Å². The highest BCUT2D eigenvalue weighted by Crippen LogP contribution is 2.27. The summed E-state index contributed by atoms with van der Waals surface area (Å²) in [6.45, 7) is 6.32. The summed E-state index contributed by atoms with van der Waals surface area (Å²) in [7, 11) is 2.23. The van der Waals surface area contributed by atoms with Gasteiger partial charge >= 0.3 is 0 Å². The monoisotopic (exact) mass is 325 g/mol. The second-order valence-electron chi connectivity index (χ2n) is 5.30. The van der Waals surface area contributed by atoms with E-state index in [0.29, 0.717) is 12.6 Å². The van der Waals surface area contributed by atoms with Crippen molar-refractivity contribution >= 4 is 21.6 Å². The molecular formula is C15H24BrN3. The first-order valence-corrected chi connectivity index (χ1v) is 7.88. The molecule has 2 N–H and O–H groups in total. The molecule has 1 aromatic carbocycles. The minimum absolute atomic E-state index is 0.651. The lowest BCUT2D eigenvalue weighted by atomic mass is 10.1. The zero-order chi connectivity index (χ0) is 13.8. The van der Waals surface area contributed by atoms with Crippen molar-refractivity contribution in [1.82, 2.24) is 4.90 Å². The van der Waals surface area contributed by atoms with Crippen LogP contribution in [0.4, 0.5) is 5.69 Å². The Morgan fingerprint density at radius 1 is 1.37 bits per heavy atom. The summed E-state index contributed by atoms with van der Waals surface area (Å²) >= 11 is 3.59. The Bertz CT molecular complexity index is 422. The molecule has 1 unspecified atom stereocenters. The lowest BCUT2D eigenvalue weighted by Gasteiger charge is -2.41. The predicted octanol–water partition coefficient (Wildman–Crippen LogP) is 2.48. The second kappa shape index (κ2) is 6.73. The smallest absolute Gasteiger partial charge is 0.0411 e. The summed E-state index contributed by atoms with van der Waals surface area (Å²) in [6, 6.07) is 7.20. The maximum absolute atomic E-state index is 5.73. The van der Waals surface area contributed by atoms with Gasteiger partial charge in [-0.05, 0) is 44.1 Å². The number of hydrogen-bond acceptors (Lipinski definition) is 3. The van der Waals surface area contributed by atoms with Gasteiger partial charge in [0, 0.05) is 35.8 Å². The molecule has 2 rings (SSSR count). The summed E-state index contributed by atoms with van der Waals surface area (Å²) in [5, 5.41) is 0.